The average Bonchev–Trinajstić information content (AvgIpc) is 2.75. The van der Waals surface area contributed by atoms with Crippen molar-refractivity contribution >= 4 is 12.1 Å². The van der Waals surface area contributed by atoms with Gasteiger partial charge in [0.1, 0.15) is 11.1 Å². The Hall–Kier alpha value is -2.04. The van der Waals surface area contributed by atoms with Crippen molar-refractivity contribution < 1.29 is 19.4 Å². The number of carbonyl (C=O) groups is 2. The van der Waals surface area contributed by atoms with Crippen molar-refractivity contribution in [3.05, 3.63) is 35.5 Å². The lowest BCUT2D eigenvalue weighted by atomic mass is 9.68. The summed E-state index contributed by atoms with van der Waals surface area (Å²) in [6.45, 7) is 5.78. The highest BCUT2D eigenvalue weighted by atomic mass is 16.6. The van der Waals surface area contributed by atoms with E-state index < -0.39 is 23.2 Å². The third-order valence-corrected chi connectivity index (χ3v) is 4.11. The van der Waals surface area contributed by atoms with Crippen LogP contribution in [0.25, 0.3) is 0 Å². The fraction of sp³-hybridized carbons (Fsp3) is 0.500. The van der Waals surface area contributed by atoms with Gasteiger partial charge < -0.3 is 9.84 Å². The van der Waals surface area contributed by atoms with E-state index in [1.807, 2.05) is 18.2 Å². The predicted octanol–water partition coefficient (Wildman–Crippen LogP) is 2.50. The van der Waals surface area contributed by atoms with E-state index in [2.05, 4.69) is 0 Å². The van der Waals surface area contributed by atoms with E-state index in [4.69, 9.17) is 4.74 Å². The first-order valence-electron chi connectivity index (χ1n) is 7.09. The van der Waals surface area contributed by atoms with E-state index in [9.17, 15) is 14.7 Å². The van der Waals surface area contributed by atoms with Crippen LogP contribution in [0.15, 0.2) is 35.5 Å². The Bertz CT molecular complexity index is 608. The van der Waals surface area contributed by atoms with Gasteiger partial charge in [0.15, 0.2) is 0 Å². The number of amides is 1. The van der Waals surface area contributed by atoms with Crippen LogP contribution in [0.2, 0.25) is 0 Å². The monoisotopic (exact) mass is 289 g/mol. The fourth-order valence-corrected chi connectivity index (χ4v) is 3.33. The lowest BCUT2D eigenvalue weighted by Crippen LogP contribution is -2.55. The topological polar surface area (TPSA) is 66.8 Å². The third-order valence-electron chi connectivity index (χ3n) is 4.11. The molecule has 1 heterocycles. The van der Waals surface area contributed by atoms with Gasteiger partial charge in [0.2, 0.25) is 0 Å². The first kappa shape index (κ1) is 13.9. The molecular formula is C16H19NO4. The minimum atomic E-state index is -0.981. The van der Waals surface area contributed by atoms with Crippen LogP contribution in [0.1, 0.15) is 27.2 Å². The second kappa shape index (κ2) is 4.23. The van der Waals surface area contributed by atoms with Gasteiger partial charge in [-0.05, 0) is 38.7 Å². The number of carboxylic acid groups (broad SMARTS) is 1. The lowest BCUT2D eigenvalue weighted by molar-refractivity contribution is -0.133. The summed E-state index contributed by atoms with van der Waals surface area (Å²) in [6, 6.07) is 0. The third kappa shape index (κ3) is 1.99. The Balaban J connectivity index is 2.01. The van der Waals surface area contributed by atoms with Crippen LogP contribution >= 0.6 is 0 Å². The molecule has 5 heteroatoms. The molecule has 0 saturated heterocycles. The summed E-state index contributed by atoms with van der Waals surface area (Å²) >= 11 is 0. The van der Waals surface area contributed by atoms with Crippen molar-refractivity contribution in [3.63, 3.8) is 0 Å². The molecule has 1 spiro atoms. The molecule has 2 bridgehead atoms. The average molecular weight is 289 g/mol. The Morgan fingerprint density at radius 3 is 2.76 bits per heavy atom. The maximum absolute atomic E-state index is 12.5. The minimum Gasteiger partial charge on any atom is -0.478 e. The molecule has 2 unspecified atom stereocenters. The maximum Gasteiger partial charge on any atom is 0.411 e. The molecule has 4 aliphatic rings. The number of carboxylic acids is 1. The molecule has 0 radical (unpaired) electrons. The SMILES string of the molecule is CC(C)(C)OC(=O)N1CC=C2CC3C=CC21C(C(=O)O)=C3. The molecule has 0 saturated carbocycles. The first-order chi connectivity index (χ1) is 9.74. The Morgan fingerprint density at radius 2 is 2.14 bits per heavy atom. The zero-order valence-electron chi connectivity index (χ0n) is 12.4. The number of ether oxygens (including phenoxy) is 1. The predicted molar refractivity (Wildman–Crippen MR) is 76.7 cm³/mol. The summed E-state index contributed by atoms with van der Waals surface area (Å²) in [5.41, 5.74) is -0.321. The van der Waals surface area contributed by atoms with Crippen molar-refractivity contribution in [2.75, 3.05) is 6.54 Å². The summed E-state index contributed by atoms with van der Waals surface area (Å²) in [5.74, 6) is -0.867. The van der Waals surface area contributed by atoms with Gasteiger partial charge in [-0.1, -0.05) is 24.3 Å². The number of aliphatic carboxylic acids is 1. The Morgan fingerprint density at radius 1 is 1.43 bits per heavy atom. The summed E-state index contributed by atoms with van der Waals surface area (Å²) in [5, 5.41) is 9.53. The highest BCUT2D eigenvalue weighted by Gasteiger charge is 2.54. The highest BCUT2D eigenvalue weighted by molar-refractivity contribution is 5.94. The molecule has 112 valence electrons. The number of rotatable bonds is 1. The van der Waals surface area contributed by atoms with Crippen LogP contribution in [0.3, 0.4) is 0 Å². The van der Waals surface area contributed by atoms with Crippen LogP contribution in [0, 0.1) is 5.92 Å². The van der Waals surface area contributed by atoms with Crippen LogP contribution in [-0.4, -0.2) is 39.8 Å². The molecule has 0 aromatic carbocycles. The molecule has 0 fully saturated rings. The van der Waals surface area contributed by atoms with Gasteiger partial charge in [-0.25, -0.2) is 9.59 Å². The molecule has 21 heavy (non-hydrogen) atoms. The number of nitrogens with zero attached hydrogens (tertiary/aromatic N) is 1. The van der Waals surface area contributed by atoms with E-state index in [1.165, 1.54) is 4.90 Å². The second-order valence-corrected chi connectivity index (χ2v) is 6.70. The number of carbonyl (C=O) groups excluding carboxylic acids is 1. The van der Waals surface area contributed by atoms with Gasteiger partial charge in [-0.2, -0.15) is 0 Å². The number of hydrogen-bond acceptors (Lipinski definition) is 3. The zero-order chi connectivity index (χ0) is 15.4. The van der Waals surface area contributed by atoms with Crippen LogP contribution in [0.4, 0.5) is 4.79 Å². The second-order valence-electron chi connectivity index (χ2n) is 6.70. The molecule has 1 aliphatic heterocycles. The molecular weight excluding hydrogens is 270 g/mol. The van der Waals surface area contributed by atoms with Gasteiger partial charge in [0, 0.05) is 6.54 Å². The van der Waals surface area contributed by atoms with E-state index in [0.717, 1.165) is 12.0 Å². The summed E-state index contributed by atoms with van der Waals surface area (Å²) < 4.78 is 5.44. The van der Waals surface area contributed by atoms with Crippen molar-refractivity contribution in [2.45, 2.75) is 38.3 Å². The van der Waals surface area contributed by atoms with Crippen molar-refractivity contribution in [2.24, 2.45) is 5.92 Å². The van der Waals surface area contributed by atoms with Crippen LogP contribution in [0.5, 0.6) is 0 Å². The molecule has 1 N–H and O–H groups in total. The summed E-state index contributed by atoms with van der Waals surface area (Å²) in [6.07, 6.45) is 7.82. The Labute approximate surface area is 123 Å². The summed E-state index contributed by atoms with van der Waals surface area (Å²) in [4.78, 5) is 25.6. The normalized spacial score (nSPS) is 29.9. The van der Waals surface area contributed by atoms with E-state index in [1.54, 1.807) is 26.8 Å². The minimum absolute atomic E-state index is 0.114. The van der Waals surface area contributed by atoms with Gasteiger partial charge in [-0.15, -0.1) is 0 Å². The van der Waals surface area contributed by atoms with Gasteiger partial charge in [0.25, 0.3) is 0 Å². The zero-order valence-corrected chi connectivity index (χ0v) is 12.4. The van der Waals surface area contributed by atoms with Crippen molar-refractivity contribution in [1.29, 1.82) is 0 Å². The van der Waals surface area contributed by atoms with Gasteiger partial charge >= 0.3 is 12.1 Å². The van der Waals surface area contributed by atoms with Gasteiger partial charge in [-0.3, -0.25) is 4.90 Å². The molecule has 1 amide bonds. The van der Waals surface area contributed by atoms with Crippen LogP contribution < -0.4 is 0 Å². The molecule has 5 nitrogen and oxygen atoms in total. The molecule has 0 aromatic heterocycles. The first-order valence-corrected chi connectivity index (χ1v) is 7.09. The van der Waals surface area contributed by atoms with E-state index >= 15 is 0 Å². The van der Waals surface area contributed by atoms with Gasteiger partial charge in [0.05, 0.1) is 5.57 Å². The molecule has 3 aliphatic carbocycles. The largest absolute Gasteiger partial charge is 0.478 e. The number of hydrogen-bond donors (Lipinski definition) is 1. The maximum atomic E-state index is 12.5. The quantitative estimate of drug-likeness (QED) is 0.753. The Kier molecular flexibility index (Phi) is 2.80. The van der Waals surface area contributed by atoms with E-state index in [0.29, 0.717) is 6.54 Å². The summed E-state index contributed by atoms with van der Waals surface area (Å²) in [7, 11) is 0. The highest BCUT2D eigenvalue weighted by Crippen LogP contribution is 2.49. The molecule has 0 aromatic rings. The fourth-order valence-electron chi connectivity index (χ4n) is 3.33. The smallest absolute Gasteiger partial charge is 0.411 e. The van der Waals surface area contributed by atoms with Crippen LogP contribution in [-0.2, 0) is 9.53 Å². The molecule has 2 atom stereocenters. The lowest BCUT2D eigenvalue weighted by Gasteiger charge is -2.45. The standard InChI is InChI=1S/C16H19NO4/c1-15(2,3)21-14(20)17-7-5-11-8-10-4-6-16(11,17)12(9-10)13(18)19/h4-6,9-10H,7-8H2,1-3H3,(H,18,19). The van der Waals surface area contributed by atoms with Crippen molar-refractivity contribution in [1.82, 2.24) is 4.90 Å². The van der Waals surface area contributed by atoms with Crippen molar-refractivity contribution in [3.8, 4) is 0 Å². The molecule has 4 rings (SSSR count). The van der Waals surface area contributed by atoms with E-state index in [-0.39, 0.29) is 11.5 Å². The number of allylic oxidation sites excluding steroid dienone is 2.